The van der Waals surface area contributed by atoms with E-state index in [1.807, 2.05) is 6.07 Å². The first-order chi connectivity index (χ1) is 12.7. The normalized spacial score (nSPS) is 15.7. The monoisotopic (exact) mass is 355 g/mol. The lowest BCUT2D eigenvalue weighted by Gasteiger charge is -2.33. The van der Waals surface area contributed by atoms with Gasteiger partial charge in [0.2, 0.25) is 0 Å². The van der Waals surface area contributed by atoms with Gasteiger partial charge < -0.3 is 9.64 Å². The number of aromatic nitrogens is 6. The predicted octanol–water partition coefficient (Wildman–Crippen LogP) is 0.744. The molecule has 0 aliphatic carbocycles. The Hall–Kier alpha value is -2.81. The molecule has 26 heavy (non-hydrogen) atoms. The maximum absolute atomic E-state index is 11.9. The quantitative estimate of drug-likeness (QED) is 0.667. The molecular formula is C17H21N7O2. The minimum absolute atomic E-state index is 0.00472. The zero-order valence-electron chi connectivity index (χ0n) is 14.7. The van der Waals surface area contributed by atoms with E-state index in [0.717, 1.165) is 37.4 Å². The van der Waals surface area contributed by atoms with Crippen molar-refractivity contribution in [2.45, 2.75) is 26.0 Å². The zero-order chi connectivity index (χ0) is 17.9. The van der Waals surface area contributed by atoms with Crippen LogP contribution in [0.5, 0.6) is 0 Å². The molecule has 0 aromatic carbocycles. The molecule has 1 aliphatic rings. The van der Waals surface area contributed by atoms with Crippen molar-refractivity contribution in [2.24, 2.45) is 5.92 Å². The molecule has 0 atom stereocenters. The van der Waals surface area contributed by atoms with Crippen molar-refractivity contribution in [3.05, 3.63) is 47.0 Å². The van der Waals surface area contributed by atoms with Crippen LogP contribution in [0, 0.1) is 5.92 Å². The molecule has 0 saturated carbocycles. The number of methoxy groups -OCH3 is 1. The summed E-state index contributed by atoms with van der Waals surface area (Å²) in [5.74, 6) is 2.02. The van der Waals surface area contributed by atoms with Crippen molar-refractivity contribution >= 4 is 11.6 Å². The van der Waals surface area contributed by atoms with Crippen molar-refractivity contribution in [1.82, 2.24) is 29.1 Å². The maximum atomic E-state index is 11.9. The number of hydrogen-bond acceptors (Lipinski definition) is 7. The third kappa shape index (κ3) is 3.30. The molecule has 1 fully saturated rings. The molecular weight excluding hydrogens is 334 g/mol. The van der Waals surface area contributed by atoms with Crippen molar-refractivity contribution in [3.63, 3.8) is 0 Å². The van der Waals surface area contributed by atoms with Crippen molar-refractivity contribution < 1.29 is 4.74 Å². The Morgan fingerprint density at radius 2 is 2.15 bits per heavy atom. The number of hydrogen-bond donors (Lipinski definition) is 0. The third-order valence-electron chi connectivity index (χ3n) is 4.76. The first-order valence-electron chi connectivity index (χ1n) is 8.68. The minimum Gasteiger partial charge on any atom is -0.378 e. The van der Waals surface area contributed by atoms with E-state index in [2.05, 4.69) is 25.0 Å². The summed E-state index contributed by atoms with van der Waals surface area (Å²) in [6, 6.07) is 3.52. The minimum atomic E-state index is 0.00472. The van der Waals surface area contributed by atoms with Crippen LogP contribution in [0.15, 0.2) is 35.8 Å². The molecule has 9 heteroatoms. The highest BCUT2D eigenvalue weighted by Gasteiger charge is 2.22. The molecule has 0 N–H and O–H groups in total. The lowest BCUT2D eigenvalue weighted by atomic mass is 9.96. The molecule has 3 aromatic rings. The number of rotatable bonds is 5. The van der Waals surface area contributed by atoms with Crippen LogP contribution in [-0.2, 0) is 17.9 Å². The SMILES string of the molecule is COCc1cc(N2CCC(Cn3cnccc3=O)CC2)n2ncnc2n1. The second-order valence-electron chi connectivity index (χ2n) is 6.51. The van der Waals surface area contributed by atoms with Gasteiger partial charge in [0.15, 0.2) is 0 Å². The summed E-state index contributed by atoms with van der Waals surface area (Å²) in [5, 5.41) is 4.30. The van der Waals surface area contributed by atoms with Crippen LogP contribution in [-0.4, -0.2) is 49.3 Å². The van der Waals surface area contributed by atoms with Gasteiger partial charge in [-0.3, -0.25) is 9.36 Å². The fourth-order valence-corrected chi connectivity index (χ4v) is 3.43. The van der Waals surface area contributed by atoms with E-state index in [0.29, 0.717) is 24.8 Å². The largest absolute Gasteiger partial charge is 0.378 e. The first kappa shape index (κ1) is 16.6. The van der Waals surface area contributed by atoms with E-state index >= 15 is 0 Å². The lowest BCUT2D eigenvalue weighted by Crippen LogP contribution is -2.37. The number of anilines is 1. The summed E-state index contributed by atoms with van der Waals surface area (Å²) in [6.07, 6.45) is 6.67. The molecule has 136 valence electrons. The highest BCUT2D eigenvalue weighted by Crippen LogP contribution is 2.24. The Bertz CT molecular complexity index is 943. The van der Waals surface area contributed by atoms with E-state index in [1.54, 1.807) is 22.5 Å². The molecule has 0 spiro atoms. The molecule has 4 rings (SSSR count). The van der Waals surface area contributed by atoms with Gasteiger partial charge in [0.25, 0.3) is 11.3 Å². The third-order valence-corrected chi connectivity index (χ3v) is 4.76. The molecule has 9 nitrogen and oxygen atoms in total. The summed E-state index contributed by atoms with van der Waals surface area (Å²) < 4.78 is 8.68. The average Bonchev–Trinajstić information content (AvgIpc) is 3.12. The number of nitrogens with zero attached hydrogens (tertiary/aromatic N) is 7. The predicted molar refractivity (Wildman–Crippen MR) is 94.9 cm³/mol. The fraction of sp³-hybridized carbons (Fsp3) is 0.471. The van der Waals surface area contributed by atoms with Crippen LogP contribution < -0.4 is 10.5 Å². The van der Waals surface area contributed by atoms with Gasteiger partial charge in [0, 0.05) is 45.1 Å². The standard InChI is InChI=1S/C17H21N7O2/c1-26-10-14-8-15(24-17(21-14)19-11-20-24)22-6-3-13(4-7-22)9-23-12-18-5-2-16(23)25/h2,5,8,11-13H,3-4,6-7,9-10H2,1H3. The van der Waals surface area contributed by atoms with Crippen molar-refractivity contribution in [2.75, 3.05) is 25.1 Å². The summed E-state index contributed by atoms with van der Waals surface area (Å²) in [5.41, 5.74) is 0.845. The molecule has 1 aliphatic heterocycles. The average molecular weight is 355 g/mol. The first-order valence-corrected chi connectivity index (χ1v) is 8.68. The van der Waals surface area contributed by atoms with Crippen LogP contribution in [0.1, 0.15) is 18.5 Å². The number of piperidine rings is 1. The second kappa shape index (κ2) is 7.20. The van der Waals surface area contributed by atoms with E-state index < -0.39 is 0 Å². The van der Waals surface area contributed by atoms with Gasteiger partial charge in [-0.2, -0.15) is 14.6 Å². The van der Waals surface area contributed by atoms with E-state index in [1.165, 1.54) is 18.6 Å². The summed E-state index contributed by atoms with van der Waals surface area (Å²) in [4.78, 5) is 26.9. The Labute approximate surface area is 150 Å². The molecule has 1 saturated heterocycles. The summed E-state index contributed by atoms with van der Waals surface area (Å²) >= 11 is 0. The van der Waals surface area contributed by atoms with Gasteiger partial charge in [-0.25, -0.2) is 9.97 Å². The summed E-state index contributed by atoms with van der Waals surface area (Å²) in [6.45, 7) is 2.94. The lowest BCUT2D eigenvalue weighted by molar-refractivity contribution is 0.181. The van der Waals surface area contributed by atoms with Gasteiger partial charge in [0.05, 0.1) is 18.6 Å². The molecule has 0 radical (unpaired) electrons. The van der Waals surface area contributed by atoms with Crippen LogP contribution in [0.3, 0.4) is 0 Å². The van der Waals surface area contributed by atoms with Crippen molar-refractivity contribution in [3.8, 4) is 0 Å². The summed E-state index contributed by atoms with van der Waals surface area (Å²) in [7, 11) is 1.65. The van der Waals surface area contributed by atoms with Crippen LogP contribution in [0.25, 0.3) is 5.78 Å². The van der Waals surface area contributed by atoms with Gasteiger partial charge in [-0.15, -0.1) is 0 Å². The van der Waals surface area contributed by atoms with Gasteiger partial charge in [0.1, 0.15) is 12.1 Å². The number of ether oxygens (including phenoxy) is 1. The molecule has 0 bridgehead atoms. The molecule has 0 amide bonds. The highest BCUT2D eigenvalue weighted by molar-refractivity contribution is 5.47. The Morgan fingerprint density at radius 3 is 2.92 bits per heavy atom. The smallest absolute Gasteiger partial charge is 0.254 e. The van der Waals surface area contributed by atoms with Crippen LogP contribution in [0.4, 0.5) is 5.82 Å². The van der Waals surface area contributed by atoms with Gasteiger partial charge >= 0.3 is 0 Å². The fourth-order valence-electron chi connectivity index (χ4n) is 3.43. The van der Waals surface area contributed by atoms with Crippen molar-refractivity contribution in [1.29, 1.82) is 0 Å². The van der Waals surface area contributed by atoms with Crippen LogP contribution in [0.2, 0.25) is 0 Å². The van der Waals surface area contributed by atoms with E-state index in [-0.39, 0.29) is 5.56 Å². The molecule has 3 aromatic heterocycles. The Morgan fingerprint density at radius 1 is 1.31 bits per heavy atom. The van der Waals surface area contributed by atoms with Gasteiger partial charge in [-0.05, 0) is 18.8 Å². The Kier molecular flexibility index (Phi) is 4.61. The number of fused-ring (bicyclic) bond motifs is 1. The maximum Gasteiger partial charge on any atom is 0.254 e. The molecule has 0 unspecified atom stereocenters. The van der Waals surface area contributed by atoms with E-state index in [4.69, 9.17) is 4.74 Å². The van der Waals surface area contributed by atoms with E-state index in [9.17, 15) is 4.79 Å². The Balaban J connectivity index is 1.49. The topological polar surface area (TPSA) is 90.4 Å². The van der Waals surface area contributed by atoms with Gasteiger partial charge in [-0.1, -0.05) is 0 Å². The highest BCUT2D eigenvalue weighted by atomic mass is 16.5. The second-order valence-corrected chi connectivity index (χ2v) is 6.51. The zero-order valence-corrected chi connectivity index (χ0v) is 14.7. The van der Waals surface area contributed by atoms with Crippen LogP contribution >= 0.6 is 0 Å². The molecule has 4 heterocycles.